The molecule has 0 heterocycles. The lowest BCUT2D eigenvalue weighted by atomic mass is 10.2. The minimum Gasteiger partial charge on any atom is -0.462 e. The second-order valence-electron chi connectivity index (χ2n) is 3.75. The molecule has 2 nitrogen and oxygen atoms in total. The Morgan fingerprint density at radius 3 is 2.71 bits per heavy atom. The summed E-state index contributed by atoms with van der Waals surface area (Å²) in [5.74, 6) is -0.328. The average Bonchev–Trinajstić information content (AvgIpc) is 2.38. The number of unbranched alkanes of at least 4 members (excludes halogenated alkanes) is 1. The minimum atomic E-state index is -0.958. The Kier molecular flexibility index (Phi) is 6.00. The van der Waals surface area contributed by atoms with Gasteiger partial charge in [-0.3, -0.25) is 0 Å². The fourth-order valence-corrected chi connectivity index (χ4v) is 1.38. The van der Waals surface area contributed by atoms with Crippen LogP contribution in [0.1, 0.15) is 29.6 Å². The number of ether oxygens (including phenoxy) is 1. The smallest absolute Gasteiger partial charge is 0.338 e. The summed E-state index contributed by atoms with van der Waals surface area (Å²) in [4.78, 5) is 11.5. The molecule has 0 aromatic heterocycles. The maximum absolute atomic E-state index is 12.8. The maximum Gasteiger partial charge on any atom is 0.338 e. The van der Waals surface area contributed by atoms with E-state index in [-0.39, 0.29) is 5.97 Å². The largest absolute Gasteiger partial charge is 0.462 e. The van der Waals surface area contributed by atoms with Gasteiger partial charge in [-0.25, -0.2) is 9.18 Å². The highest BCUT2D eigenvalue weighted by Gasteiger charge is 2.05. The van der Waals surface area contributed by atoms with Crippen LogP contribution < -0.4 is 0 Å². The summed E-state index contributed by atoms with van der Waals surface area (Å²) in [6.45, 7) is 3.70. The van der Waals surface area contributed by atoms with Crippen LogP contribution in [0.15, 0.2) is 43.0 Å². The molecular formula is C14H17FO2. The number of benzene rings is 1. The van der Waals surface area contributed by atoms with Crippen molar-refractivity contribution >= 4 is 5.97 Å². The molecule has 0 aliphatic heterocycles. The number of hydrogen-bond acceptors (Lipinski definition) is 2. The fourth-order valence-electron chi connectivity index (χ4n) is 1.38. The second-order valence-corrected chi connectivity index (χ2v) is 3.75. The Morgan fingerprint density at radius 1 is 1.35 bits per heavy atom. The topological polar surface area (TPSA) is 26.3 Å². The van der Waals surface area contributed by atoms with Crippen LogP contribution in [0.2, 0.25) is 0 Å². The van der Waals surface area contributed by atoms with Crippen LogP contribution in [0.25, 0.3) is 0 Å². The zero-order valence-electron chi connectivity index (χ0n) is 9.77. The lowest BCUT2D eigenvalue weighted by Gasteiger charge is -2.05. The van der Waals surface area contributed by atoms with Gasteiger partial charge in [0.25, 0.3) is 0 Å². The maximum atomic E-state index is 12.8. The van der Waals surface area contributed by atoms with Crippen LogP contribution in [-0.4, -0.2) is 18.7 Å². The zero-order chi connectivity index (χ0) is 12.5. The van der Waals surface area contributed by atoms with Crippen molar-refractivity contribution in [3.05, 3.63) is 48.6 Å². The van der Waals surface area contributed by atoms with E-state index in [0.29, 0.717) is 31.4 Å². The number of alkyl halides is 1. The first kappa shape index (κ1) is 13.4. The second kappa shape index (κ2) is 7.60. The molecule has 1 aromatic rings. The highest BCUT2D eigenvalue weighted by atomic mass is 19.1. The molecule has 0 fully saturated rings. The molecule has 0 amide bonds. The van der Waals surface area contributed by atoms with Gasteiger partial charge in [-0.2, -0.15) is 0 Å². The van der Waals surface area contributed by atoms with E-state index in [1.54, 1.807) is 24.3 Å². The molecule has 0 aliphatic rings. The van der Waals surface area contributed by atoms with E-state index < -0.39 is 6.17 Å². The molecule has 0 aliphatic carbocycles. The van der Waals surface area contributed by atoms with Gasteiger partial charge in [0, 0.05) is 0 Å². The Labute approximate surface area is 101 Å². The summed E-state index contributed by atoms with van der Waals surface area (Å²) in [6.07, 6.45) is 2.13. The van der Waals surface area contributed by atoms with Gasteiger partial charge in [-0.15, -0.1) is 6.58 Å². The van der Waals surface area contributed by atoms with Gasteiger partial charge in [0.1, 0.15) is 6.17 Å². The summed E-state index contributed by atoms with van der Waals surface area (Å²) in [5.41, 5.74) is 0.543. The van der Waals surface area contributed by atoms with Crippen molar-refractivity contribution < 1.29 is 13.9 Å². The summed E-state index contributed by atoms with van der Waals surface area (Å²) in [6, 6.07) is 8.82. The van der Waals surface area contributed by atoms with Crippen LogP contribution in [-0.2, 0) is 4.74 Å². The monoisotopic (exact) mass is 236 g/mol. The van der Waals surface area contributed by atoms with Crippen molar-refractivity contribution in [2.24, 2.45) is 0 Å². The first-order valence-electron chi connectivity index (χ1n) is 5.73. The number of rotatable bonds is 7. The Bertz CT molecular complexity index is 348. The quantitative estimate of drug-likeness (QED) is 0.411. The average molecular weight is 236 g/mol. The van der Waals surface area contributed by atoms with E-state index in [1.807, 2.05) is 6.07 Å². The molecule has 0 saturated carbocycles. The number of halogens is 1. The lowest BCUT2D eigenvalue weighted by Crippen LogP contribution is -2.06. The van der Waals surface area contributed by atoms with E-state index in [0.717, 1.165) is 0 Å². The highest BCUT2D eigenvalue weighted by molar-refractivity contribution is 5.89. The molecule has 0 spiro atoms. The van der Waals surface area contributed by atoms with Gasteiger partial charge in [0.05, 0.1) is 12.2 Å². The summed E-state index contributed by atoms with van der Waals surface area (Å²) < 4.78 is 17.8. The number of esters is 1. The van der Waals surface area contributed by atoms with Crippen LogP contribution >= 0.6 is 0 Å². The van der Waals surface area contributed by atoms with Gasteiger partial charge in [0.2, 0.25) is 0 Å². The van der Waals surface area contributed by atoms with E-state index in [4.69, 9.17) is 4.74 Å². The molecule has 1 unspecified atom stereocenters. The van der Waals surface area contributed by atoms with Crippen LogP contribution in [0.5, 0.6) is 0 Å². The number of hydrogen-bond donors (Lipinski definition) is 0. The van der Waals surface area contributed by atoms with Crippen molar-refractivity contribution in [2.75, 3.05) is 6.61 Å². The molecule has 0 saturated heterocycles. The van der Waals surface area contributed by atoms with Crippen molar-refractivity contribution in [2.45, 2.75) is 25.4 Å². The third-order valence-electron chi connectivity index (χ3n) is 2.37. The molecule has 0 bridgehead atoms. The molecular weight excluding hydrogens is 219 g/mol. The summed E-state index contributed by atoms with van der Waals surface area (Å²) >= 11 is 0. The van der Waals surface area contributed by atoms with Crippen LogP contribution in [0, 0.1) is 0 Å². The van der Waals surface area contributed by atoms with E-state index >= 15 is 0 Å². The van der Waals surface area contributed by atoms with Gasteiger partial charge in [-0.1, -0.05) is 24.3 Å². The van der Waals surface area contributed by atoms with E-state index in [9.17, 15) is 9.18 Å². The normalized spacial score (nSPS) is 11.8. The fraction of sp³-hybridized carbons (Fsp3) is 0.357. The number of carbonyl (C=O) groups is 1. The molecule has 1 atom stereocenters. The number of carbonyl (C=O) groups excluding carboxylic acids is 1. The van der Waals surface area contributed by atoms with Crippen molar-refractivity contribution in [1.29, 1.82) is 0 Å². The molecule has 0 radical (unpaired) electrons. The van der Waals surface area contributed by atoms with E-state index in [2.05, 4.69) is 6.58 Å². The molecule has 92 valence electrons. The first-order valence-corrected chi connectivity index (χ1v) is 5.73. The lowest BCUT2D eigenvalue weighted by molar-refractivity contribution is 0.0497. The standard InChI is InChI=1S/C14H17FO2/c1-2-13(15)10-6-7-11-17-14(16)12-8-4-3-5-9-12/h2-5,8-9,13H,1,6-7,10-11H2. The molecule has 1 aromatic carbocycles. The third-order valence-corrected chi connectivity index (χ3v) is 2.37. The summed E-state index contributed by atoms with van der Waals surface area (Å²) in [7, 11) is 0. The van der Waals surface area contributed by atoms with Gasteiger partial charge < -0.3 is 4.74 Å². The van der Waals surface area contributed by atoms with Crippen molar-refractivity contribution in [1.82, 2.24) is 0 Å². The predicted octanol–water partition coefficient (Wildman–Crippen LogP) is 3.54. The molecule has 17 heavy (non-hydrogen) atoms. The van der Waals surface area contributed by atoms with Crippen LogP contribution in [0.3, 0.4) is 0 Å². The van der Waals surface area contributed by atoms with Crippen molar-refractivity contribution in [3.63, 3.8) is 0 Å². The third kappa shape index (κ3) is 5.29. The zero-order valence-corrected chi connectivity index (χ0v) is 9.77. The number of allylic oxidation sites excluding steroid dienone is 1. The highest BCUT2D eigenvalue weighted by Crippen LogP contribution is 2.06. The Balaban J connectivity index is 2.15. The van der Waals surface area contributed by atoms with Gasteiger partial charge >= 0.3 is 5.97 Å². The van der Waals surface area contributed by atoms with Crippen molar-refractivity contribution in [3.8, 4) is 0 Å². The van der Waals surface area contributed by atoms with Gasteiger partial charge in [-0.05, 0) is 31.4 Å². The molecule has 1 rings (SSSR count). The summed E-state index contributed by atoms with van der Waals surface area (Å²) in [5, 5.41) is 0. The molecule has 3 heteroatoms. The Hall–Kier alpha value is -1.64. The molecule has 0 N–H and O–H groups in total. The van der Waals surface area contributed by atoms with E-state index in [1.165, 1.54) is 6.08 Å². The van der Waals surface area contributed by atoms with Crippen LogP contribution in [0.4, 0.5) is 4.39 Å². The SMILES string of the molecule is C=CC(F)CCCCOC(=O)c1ccccc1. The predicted molar refractivity (Wildman–Crippen MR) is 65.7 cm³/mol. The first-order chi connectivity index (χ1) is 8.24. The minimum absolute atomic E-state index is 0.328. The van der Waals surface area contributed by atoms with Gasteiger partial charge in [0.15, 0.2) is 0 Å². The Morgan fingerprint density at radius 2 is 2.06 bits per heavy atom.